The van der Waals surface area contributed by atoms with Crippen molar-refractivity contribution in [3.63, 3.8) is 0 Å². The molecular formula is C19H29N7O. The van der Waals surface area contributed by atoms with Gasteiger partial charge in [-0.15, -0.1) is 10.2 Å². The Morgan fingerprint density at radius 3 is 2.56 bits per heavy atom. The Balaban J connectivity index is 1.41. The number of nitrogens with zero attached hydrogens (tertiary/aromatic N) is 7. The lowest BCUT2D eigenvalue weighted by atomic mass is 10.00. The van der Waals surface area contributed by atoms with Crippen LogP contribution in [-0.2, 0) is 18.4 Å². The molecule has 8 nitrogen and oxygen atoms in total. The van der Waals surface area contributed by atoms with Crippen LogP contribution in [-0.4, -0.2) is 61.0 Å². The molecule has 2 aromatic heterocycles. The molecule has 4 rings (SSSR count). The standard InChI is InChI=1S/C19H29N7O/c1-14-12-15(2)26(22-14)13-17-20-21-19(23(17)3)24-10-7-16(8-11-24)25-9-5-4-6-18(25)27/h12,16H,4-11,13H2,1-3H3. The van der Waals surface area contributed by atoms with E-state index in [0.717, 1.165) is 74.9 Å². The third-order valence-corrected chi connectivity index (χ3v) is 5.88. The molecule has 0 N–H and O–H groups in total. The van der Waals surface area contributed by atoms with Gasteiger partial charge in [0, 0.05) is 44.8 Å². The molecule has 4 heterocycles. The molecule has 8 heteroatoms. The van der Waals surface area contributed by atoms with Gasteiger partial charge in [0.15, 0.2) is 5.82 Å². The van der Waals surface area contributed by atoms with E-state index < -0.39 is 0 Å². The molecule has 0 aromatic carbocycles. The monoisotopic (exact) mass is 371 g/mol. The maximum atomic E-state index is 12.2. The molecule has 2 aliphatic rings. The Hall–Kier alpha value is -2.38. The summed E-state index contributed by atoms with van der Waals surface area (Å²) in [5, 5.41) is 13.4. The largest absolute Gasteiger partial charge is 0.341 e. The number of aromatic nitrogens is 5. The van der Waals surface area contributed by atoms with Crippen LogP contribution in [0, 0.1) is 13.8 Å². The van der Waals surface area contributed by atoms with Gasteiger partial charge in [-0.3, -0.25) is 14.0 Å². The molecule has 146 valence electrons. The maximum Gasteiger partial charge on any atom is 0.227 e. The van der Waals surface area contributed by atoms with Crippen LogP contribution in [0.1, 0.15) is 49.3 Å². The van der Waals surface area contributed by atoms with Crippen LogP contribution in [0.4, 0.5) is 5.95 Å². The molecule has 0 unspecified atom stereocenters. The van der Waals surface area contributed by atoms with Gasteiger partial charge in [0.25, 0.3) is 0 Å². The minimum absolute atomic E-state index is 0.338. The molecule has 0 radical (unpaired) electrons. The summed E-state index contributed by atoms with van der Waals surface area (Å²) in [5.74, 6) is 2.16. The van der Waals surface area contributed by atoms with Crippen molar-refractivity contribution in [2.24, 2.45) is 7.05 Å². The fourth-order valence-electron chi connectivity index (χ4n) is 4.32. The minimum Gasteiger partial charge on any atom is -0.341 e. The predicted molar refractivity (Wildman–Crippen MR) is 103 cm³/mol. The second kappa shape index (κ2) is 7.32. The Kier molecular flexibility index (Phi) is 4.88. The van der Waals surface area contributed by atoms with Gasteiger partial charge in [-0.2, -0.15) is 5.10 Å². The zero-order valence-corrected chi connectivity index (χ0v) is 16.6. The van der Waals surface area contributed by atoms with Crippen molar-refractivity contribution in [1.82, 2.24) is 29.4 Å². The summed E-state index contributed by atoms with van der Waals surface area (Å²) in [6, 6.07) is 2.46. The Morgan fingerprint density at radius 1 is 1.11 bits per heavy atom. The number of amides is 1. The van der Waals surface area contributed by atoms with Gasteiger partial charge >= 0.3 is 0 Å². The van der Waals surface area contributed by atoms with E-state index in [2.05, 4.69) is 42.7 Å². The quantitative estimate of drug-likeness (QED) is 0.817. The SMILES string of the molecule is Cc1cc(C)n(Cc2nnc(N3CCC(N4CCCCC4=O)CC3)n2C)n1. The lowest BCUT2D eigenvalue weighted by Crippen LogP contribution is -2.49. The summed E-state index contributed by atoms with van der Waals surface area (Å²) in [7, 11) is 2.02. The van der Waals surface area contributed by atoms with Gasteiger partial charge in [0.2, 0.25) is 11.9 Å². The molecule has 2 aliphatic heterocycles. The lowest BCUT2D eigenvalue weighted by molar-refractivity contribution is -0.136. The minimum atomic E-state index is 0.338. The molecule has 27 heavy (non-hydrogen) atoms. The van der Waals surface area contributed by atoms with E-state index in [1.54, 1.807) is 0 Å². The van der Waals surface area contributed by atoms with Crippen molar-refractivity contribution in [3.05, 3.63) is 23.3 Å². The van der Waals surface area contributed by atoms with Crippen molar-refractivity contribution in [2.45, 2.75) is 58.5 Å². The zero-order chi connectivity index (χ0) is 19.0. The average Bonchev–Trinajstić information content (AvgIpc) is 3.18. The highest BCUT2D eigenvalue weighted by atomic mass is 16.2. The van der Waals surface area contributed by atoms with Gasteiger partial charge in [-0.25, -0.2) is 0 Å². The van der Waals surface area contributed by atoms with Crippen LogP contribution in [0.2, 0.25) is 0 Å². The predicted octanol–water partition coefficient (Wildman–Crippen LogP) is 1.66. The van der Waals surface area contributed by atoms with E-state index in [1.807, 2.05) is 18.7 Å². The van der Waals surface area contributed by atoms with Gasteiger partial charge < -0.3 is 9.80 Å². The summed E-state index contributed by atoms with van der Waals surface area (Å²) in [4.78, 5) is 16.6. The first-order valence-electron chi connectivity index (χ1n) is 9.96. The van der Waals surface area contributed by atoms with E-state index in [0.29, 0.717) is 18.5 Å². The van der Waals surface area contributed by atoms with E-state index in [-0.39, 0.29) is 0 Å². The molecule has 2 aromatic rings. The number of likely N-dealkylation sites (tertiary alicyclic amines) is 1. The zero-order valence-electron chi connectivity index (χ0n) is 16.6. The fraction of sp³-hybridized carbons (Fsp3) is 0.684. The van der Waals surface area contributed by atoms with Crippen molar-refractivity contribution < 1.29 is 4.79 Å². The number of carbonyl (C=O) groups is 1. The van der Waals surface area contributed by atoms with Crippen LogP contribution in [0.15, 0.2) is 6.07 Å². The number of rotatable bonds is 4. The summed E-state index contributed by atoms with van der Waals surface area (Å²) in [6.45, 7) is 7.45. The highest BCUT2D eigenvalue weighted by molar-refractivity contribution is 5.77. The number of aryl methyl sites for hydroxylation is 2. The molecule has 0 aliphatic carbocycles. The van der Waals surface area contributed by atoms with E-state index >= 15 is 0 Å². The van der Waals surface area contributed by atoms with Crippen LogP contribution >= 0.6 is 0 Å². The first-order valence-corrected chi connectivity index (χ1v) is 9.96. The lowest BCUT2D eigenvalue weighted by Gasteiger charge is -2.40. The van der Waals surface area contributed by atoms with Gasteiger partial charge in [-0.05, 0) is 45.6 Å². The second-order valence-corrected chi connectivity index (χ2v) is 7.82. The highest BCUT2D eigenvalue weighted by Crippen LogP contribution is 2.24. The van der Waals surface area contributed by atoms with Gasteiger partial charge in [0.05, 0.1) is 5.69 Å². The first kappa shape index (κ1) is 18.0. The van der Waals surface area contributed by atoms with Gasteiger partial charge in [-0.1, -0.05) is 0 Å². The number of hydrogen-bond acceptors (Lipinski definition) is 5. The van der Waals surface area contributed by atoms with Crippen molar-refractivity contribution in [1.29, 1.82) is 0 Å². The number of carbonyl (C=O) groups excluding carboxylic acids is 1. The Morgan fingerprint density at radius 2 is 1.89 bits per heavy atom. The normalized spacial score (nSPS) is 19.1. The molecular weight excluding hydrogens is 342 g/mol. The number of hydrogen-bond donors (Lipinski definition) is 0. The van der Waals surface area contributed by atoms with Crippen molar-refractivity contribution in [2.75, 3.05) is 24.5 Å². The second-order valence-electron chi connectivity index (χ2n) is 7.82. The molecule has 0 spiro atoms. The van der Waals surface area contributed by atoms with Crippen LogP contribution in [0.5, 0.6) is 0 Å². The number of anilines is 1. The van der Waals surface area contributed by atoms with Crippen LogP contribution in [0.25, 0.3) is 0 Å². The topological polar surface area (TPSA) is 72.1 Å². The van der Waals surface area contributed by atoms with E-state index in [9.17, 15) is 4.79 Å². The Bertz CT molecular complexity index is 816. The number of piperidine rings is 2. The fourth-order valence-corrected chi connectivity index (χ4v) is 4.32. The van der Waals surface area contributed by atoms with E-state index in [4.69, 9.17) is 0 Å². The first-order chi connectivity index (χ1) is 13.0. The smallest absolute Gasteiger partial charge is 0.227 e. The van der Waals surface area contributed by atoms with Crippen LogP contribution < -0.4 is 4.90 Å². The molecule has 0 saturated carbocycles. The Labute approximate surface area is 160 Å². The highest BCUT2D eigenvalue weighted by Gasteiger charge is 2.30. The molecule has 1 amide bonds. The van der Waals surface area contributed by atoms with Crippen LogP contribution in [0.3, 0.4) is 0 Å². The third kappa shape index (κ3) is 3.57. The summed E-state index contributed by atoms with van der Waals surface area (Å²) in [5.41, 5.74) is 2.15. The van der Waals surface area contributed by atoms with Crippen molar-refractivity contribution in [3.8, 4) is 0 Å². The summed E-state index contributed by atoms with van der Waals surface area (Å²) >= 11 is 0. The summed E-state index contributed by atoms with van der Waals surface area (Å²) < 4.78 is 4.04. The molecule has 2 saturated heterocycles. The third-order valence-electron chi connectivity index (χ3n) is 5.88. The molecule has 2 fully saturated rings. The molecule has 0 atom stereocenters. The molecule has 0 bridgehead atoms. The van der Waals surface area contributed by atoms with Crippen molar-refractivity contribution >= 4 is 11.9 Å². The maximum absolute atomic E-state index is 12.2. The summed E-state index contributed by atoms with van der Waals surface area (Å²) in [6.07, 6.45) is 4.92. The van der Waals surface area contributed by atoms with E-state index in [1.165, 1.54) is 0 Å². The average molecular weight is 371 g/mol. The van der Waals surface area contributed by atoms with Gasteiger partial charge in [0.1, 0.15) is 6.54 Å².